The van der Waals surface area contributed by atoms with E-state index in [1.807, 2.05) is 6.92 Å². The molecule has 160 valence electrons. The summed E-state index contributed by atoms with van der Waals surface area (Å²) in [6.07, 6.45) is 1.40. The van der Waals surface area contributed by atoms with E-state index >= 15 is 0 Å². The highest BCUT2D eigenvalue weighted by Gasteiger charge is 2.47. The van der Waals surface area contributed by atoms with Crippen LogP contribution in [0, 0.1) is 6.92 Å². The van der Waals surface area contributed by atoms with E-state index in [1.165, 1.54) is 4.90 Å². The first-order valence-corrected chi connectivity index (χ1v) is 10.0. The van der Waals surface area contributed by atoms with Crippen LogP contribution in [0.2, 0.25) is 0 Å². The first-order chi connectivity index (χ1) is 14.5. The third kappa shape index (κ3) is 4.41. The van der Waals surface area contributed by atoms with Crippen molar-refractivity contribution in [3.8, 4) is 5.75 Å². The molecule has 0 aliphatic carbocycles. The molecule has 1 N–H and O–H groups in total. The number of Topliss-reactive ketones (excluding diaryl/α,β-unsaturated/α-hetero) is 1. The Kier molecular flexibility index (Phi) is 6.95. The molecule has 1 aromatic carbocycles. The maximum Gasteiger partial charge on any atom is 0.295 e. The normalized spacial score (nSPS) is 18.2. The lowest BCUT2D eigenvalue weighted by molar-refractivity contribution is -0.140. The molecular formula is C23H27NO6. The van der Waals surface area contributed by atoms with Gasteiger partial charge in [-0.3, -0.25) is 9.59 Å². The van der Waals surface area contributed by atoms with Crippen LogP contribution in [0.15, 0.2) is 46.4 Å². The second-order valence-corrected chi connectivity index (χ2v) is 7.16. The van der Waals surface area contributed by atoms with Gasteiger partial charge in [0.05, 0.1) is 12.2 Å². The van der Waals surface area contributed by atoms with Crippen molar-refractivity contribution < 1.29 is 28.6 Å². The van der Waals surface area contributed by atoms with E-state index in [2.05, 4.69) is 0 Å². The zero-order chi connectivity index (χ0) is 21.7. The van der Waals surface area contributed by atoms with Gasteiger partial charge in [0.25, 0.3) is 11.7 Å². The lowest BCUT2D eigenvalue weighted by Crippen LogP contribution is -2.31. The lowest BCUT2D eigenvalue weighted by atomic mass is 9.99. The van der Waals surface area contributed by atoms with E-state index in [4.69, 9.17) is 13.9 Å². The summed E-state index contributed by atoms with van der Waals surface area (Å²) in [5.41, 5.74) is 0.422. The monoisotopic (exact) mass is 413 g/mol. The van der Waals surface area contributed by atoms with Crippen molar-refractivity contribution in [1.82, 2.24) is 4.90 Å². The molecule has 1 fully saturated rings. The summed E-state index contributed by atoms with van der Waals surface area (Å²) in [7, 11) is 1.58. The Bertz CT molecular complexity index is 945. The summed E-state index contributed by atoms with van der Waals surface area (Å²) in [6.45, 7) is 5.08. The molecule has 2 aromatic rings. The fourth-order valence-electron chi connectivity index (χ4n) is 3.49. The molecule has 1 saturated heterocycles. The van der Waals surface area contributed by atoms with Crippen LogP contribution in [-0.4, -0.2) is 48.6 Å². The van der Waals surface area contributed by atoms with Gasteiger partial charge in [0.1, 0.15) is 29.1 Å². The van der Waals surface area contributed by atoms with Gasteiger partial charge in [-0.2, -0.15) is 0 Å². The molecule has 1 amide bonds. The molecule has 1 aliphatic heterocycles. The molecule has 7 heteroatoms. The Morgan fingerprint density at radius 2 is 2.00 bits per heavy atom. The molecule has 0 radical (unpaired) electrons. The van der Waals surface area contributed by atoms with Gasteiger partial charge in [-0.05, 0) is 44.0 Å². The van der Waals surface area contributed by atoms with Crippen LogP contribution in [0.25, 0.3) is 5.76 Å². The smallest absolute Gasteiger partial charge is 0.295 e. The third-order valence-corrected chi connectivity index (χ3v) is 4.90. The highest BCUT2D eigenvalue weighted by atomic mass is 16.5. The van der Waals surface area contributed by atoms with Gasteiger partial charge in [0.15, 0.2) is 0 Å². The van der Waals surface area contributed by atoms with Crippen LogP contribution in [0.1, 0.15) is 42.9 Å². The molecule has 7 nitrogen and oxygen atoms in total. The number of aliphatic hydroxyl groups is 1. The van der Waals surface area contributed by atoms with Crippen LogP contribution in [-0.2, 0) is 14.3 Å². The molecule has 0 bridgehead atoms. The molecule has 3 rings (SSSR count). The molecule has 1 atom stereocenters. The summed E-state index contributed by atoms with van der Waals surface area (Å²) in [5.74, 6) is 0.0321. The number of nitrogens with zero attached hydrogens (tertiary/aromatic N) is 1. The molecule has 0 saturated carbocycles. The molecule has 1 aromatic heterocycles. The average Bonchev–Trinajstić information content (AvgIpc) is 3.28. The average molecular weight is 413 g/mol. The summed E-state index contributed by atoms with van der Waals surface area (Å²) >= 11 is 0. The standard InChI is InChI=1S/C23H27NO6/c1-4-12-29-17-8-5-7-16(14-17)21(25)19-20(18-10-9-15(2)30-18)24(11-6-13-28-3)23(27)22(19)26/h5,7-10,14,20,25H,4,6,11-13H2,1-3H3. The van der Waals surface area contributed by atoms with E-state index in [0.717, 1.165) is 6.42 Å². The minimum absolute atomic E-state index is 0.0133. The molecule has 30 heavy (non-hydrogen) atoms. The zero-order valence-electron chi connectivity index (χ0n) is 17.5. The number of rotatable bonds is 9. The van der Waals surface area contributed by atoms with Crippen LogP contribution in [0.3, 0.4) is 0 Å². The number of hydrogen-bond acceptors (Lipinski definition) is 6. The lowest BCUT2D eigenvalue weighted by Gasteiger charge is -2.23. The topological polar surface area (TPSA) is 89.2 Å². The molecule has 2 heterocycles. The number of amides is 1. The van der Waals surface area contributed by atoms with E-state index in [0.29, 0.717) is 49.0 Å². The number of likely N-dealkylation sites (tertiary alicyclic amines) is 1. The van der Waals surface area contributed by atoms with Crippen LogP contribution in [0.5, 0.6) is 5.75 Å². The first kappa shape index (κ1) is 21.6. The number of furan rings is 1. The molecule has 1 unspecified atom stereocenters. The fourth-order valence-corrected chi connectivity index (χ4v) is 3.49. The van der Waals surface area contributed by atoms with Gasteiger partial charge >= 0.3 is 0 Å². The molecule has 1 aliphatic rings. The predicted molar refractivity (Wildman–Crippen MR) is 111 cm³/mol. The Hall–Kier alpha value is -3.06. The number of ether oxygens (including phenoxy) is 2. The van der Waals surface area contributed by atoms with Gasteiger partial charge in [-0.25, -0.2) is 0 Å². The summed E-state index contributed by atoms with van der Waals surface area (Å²) in [5, 5.41) is 11.0. The van der Waals surface area contributed by atoms with Gasteiger partial charge in [0, 0.05) is 25.8 Å². The van der Waals surface area contributed by atoms with Crippen LogP contribution < -0.4 is 4.74 Å². The van der Waals surface area contributed by atoms with E-state index in [1.54, 1.807) is 50.4 Å². The van der Waals surface area contributed by atoms with Crippen LogP contribution in [0.4, 0.5) is 0 Å². The van der Waals surface area contributed by atoms with E-state index in [-0.39, 0.29) is 11.3 Å². The predicted octanol–water partition coefficient (Wildman–Crippen LogP) is 3.84. The Morgan fingerprint density at radius 3 is 2.67 bits per heavy atom. The van der Waals surface area contributed by atoms with E-state index < -0.39 is 17.7 Å². The van der Waals surface area contributed by atoms with Gasteiger partial charge in [-0.1, -0.05) is 19.1 Å². The largest absolute Gasteiger partial charge is 0.507 e. The van der Waals surface area contributed by atoms with Crippen LogP contribution >= 0.6 is 0 Å². The highest BCUT2D eigenvalue weighted by Crippen LogP contribution is 2.40. The number of aryl methyl sites for hydroxylation is 1. The number of carbonyl (C=O) groups excluding carboxylic acids is 2. The van der Waals surface area contributed by atoms with Gasteiger partial charge in [0.2, 0.25) is 0 Å². The number of benzene rings is 1. The maximum atomic E-state index is 12.9. The number of hydrogen-bond donors (Lipinski definition) is 1. The molecule has 0 spiro atoms. The van der Waals surface area contributed by atoms with Crippen molar-refractivity contribution >= 4 is 17.4 Å². The Balaban J connectivity index is 2.05. The fraction of sp³-hybridized carbons (Fsp3) is 0.391. The number of carbonyl (C=O) groups is 2. The Morgan fingerprint density at radius 1 is 1.20 bits per heavy atom. The number of methoxy groups -OCH3 is 1. The van der Waals surface area contributed by atoms with Crippen molar-refractivity contribution in [2.24, 2.45) is 0 Å². The Labute approximate surface area is 175 Å². The summed E-state index contributed by atoms with van der Waals surface area (Å²) in [6, 6.07) is 9.55. The quantitative estimate of drug-likeness (QED) is 0.291. The SMILES string of the molecule is CCCOc1cccc(C(O)=C2C(=O)C(=O)N(CCCOC)C2c2ccc(C)o2)c1. The van der Waals surface area contributed by atoms with Crippen molar-refractivity contribution in [2.75, 3.05) is 26.9 Å². The minimum atomic E-state index is -0.796. The van der Waals surface area contributed by atoms with Gasteiger partial charge < -0.3 is 23.9 Å². The molecular weight excluding hydrogens is 386 g/mol. The number of ketones is 1. The van der Waals surface area contributed by atoms with E-state index in [9.17, 15) is 14.7 Å². The minimum Gasteiger partial charge on any atom is -0.507 e. The van der Waals surface area contributed by atoms with Crippen molar-refractivity contribution in [2.45, 2.75) is 32.7 Å². The summed E-state index contributed by atoms with van der Waals surface area (Å²) < 4.78 is 16.5. The second-order valence-electron chi connectivity index (χ2n) is 7.16. The zero-order valence-corrected chi connectivity index (χ0v) is 17.5. The van der Waals surface area contributed by atoms with Crippen molar-refractivity contribution in [3.63, 3.8) is 0 Å². The highest BCUT2D eigenvalue weighted by molar-refractivity contribution is 6.46. The maximum absolute atomic E-state index is 12.9. The van der Waals surface area contributed by atoms with Crippen molar-refractivity contribution in [1.29, 1.82) is 0 Å². The summed E-state index contributed by atoms with van der Waals surface area (Å²) in [4.78, 5) is 27.1. The second kappa shape index (κ2) is 9.63. The van der Waals surface area contributed by atoms with Crippen molar-refractivity contribution in [3.05, 3.63) is 59.1 Å². The third-order valence-electron chi connectivity index (χ3n) is 4.90. The van der Waals surface area contributed by atoms with Gasteiger partial charge in [-0.15, -0.1) is 0 Å². The first-order valence-electron chi connectivity index (χ1n) is 10.0. The number of aliphatic hydroxyl groups excluding tert-OH is 1.